The first kappa shape index (κ1) is 15.9. The summed E-state index contributed by atoms with van der Waals surface area (Å²) in [7, 11) is -3.86. The van der Waals surface area contributed by atoms with E-state index >= 15 is 0 Å². The number of sulfonamides is 1. The van der Waals surface area contributed by atoms with E-state index in [4.69, 9.17) is 0 Å². The molecule has 116 valence electrons. The summed E-state index contributed by atoms with van der Waals surface area (Å²) in [5, 5.41) is 16.8. The molecule has 0 aliphatic rings. The number of aromatic amines is 1. The van der Waals surface area contributed by atoms with Crippen molar-refractivity contribution in [2.45, 2.75) is 50.3 Å². The molecular formula is C13H20N4O3S. The highest BCUT2D eigenvalue weighted by molar-refractivity contribution is 7.89. The average molecular weight is 312 g/mol. The lowest BCUT2D eigenvalue weighted by atomic mass is 9.95. The van der Waals surface area contributed by atoms with Gasteiger partial charge in [-0.25, -0.2) is 18.1 Å². The van der Waals surface area contributed by atoms with Gasteiger partial charge in [0, 0.05) is 6.20 Å². The molecule has 0 aromatic carbocycles. The number of pyridine rings is 1. The average Bonchev–Trinajstić information content (AvgIpc) is 2.82. The summed E-state index contributed by atoms with van der Waals surface area (Å²) in [4.78, 5) is 4.02. The van der Waals surface area contributed by atoms with E-state index in [0.29, 0.717) is 17.5 Å². The smallest absolute Gasteiger partial charge is 0.261 e. The number of rotatable bonds is 6. The molecule has 1 unspecified atom stereocenters. The van der Waals surface area contributed by atoms with Crippen LogP contribution in [-0.2, 0) is 10.0 Å². The molecule has 0 amide bonds. The van der Waals surface area contributed by atoms with Gasteiger partial charge < -0.3 is 5.11 Å². The maximum Gasteiger partial charge on any atom is 0.261 e. The van der Waals surface area contributed by atoms with Crippen LogP contribution in [0.5, 0.6) is 0 Å². The molecule has 0 fully saturated rings. The highest BCUT2D eigenvalue weighted by atomic mass is 32.2. The number of fused-ring (bicyclic) bond motifs is 1. The van der Waals surface area contributed by atoms with Crippen LogP contribution in [0.2, 0.25) is 0 Å². The van der Waals surface area contributed by atoms with Gasteiger partial charge in [0.25, 0.3) is 10.0 Å². The Morgan fingerprint density at radius 2 is 2.19 bits per heavy atom. The summed E-state index contributed by atoms with van der Waals surface area (Å²) < 4.78 is 27.5. The van der Waals surface area contributed by atoms with Gasteiger partial charge in [0.05, 0.1) is 17.0 Å². The SMILES string of the molecule is CCCC(O)C(C)(C)NS(=O)(=O)c1n[nH]c2ncccc12. The second-order valence-corrected chi connectivity index (χ2v) is 7.16. The lowest BCUT2D eigenvalue weighted by Gasteiger charge is -2.30. The van der Waals surface area contributed by atoms with E-state index in [-0.39, 0.29) is 5.03 Å². The molecule has 8 heteroatoms. The third-order valence-corrected chi connectivity index (χ3v) is 4.96. The van der Waals surface area contributed by atoms with E-state index in [1.165, 1.54) is 0 Å². The van der Waals surface area contributed by atoms with Crippen molar-refractivity contribution < 1.29 is 13.5 Å². The third kappa shape index (κ3) is 3.22. The zero-order valence-corrected chi connectivity index (χ0v) is 13.1. The normalized spacial score (nSPS) is 14.5. The van der Waals surface area contributed by atoms with Crippen molar-refractivity contribution in [1.29, 1.82) is 0 Å². The van der Waals surface area contributed by atoms with Crippen molar-refractivity contribution in [3.05, 3.63) is 18.3 Å². The first-order chi connectivity index (χ1) is 9.78. The molecular weight excluding hydrogens is 292 g/mol. The van der Waals surface area contributed by atoms with Crippen LogP contribution in [0.4, 0.5) is 0 Å². The predicted octanol–water partition coefficient (Wildman–Crippen LogP) is 1.18. The maximum absolute atomic E-state index is 12.5. The molecule has 0 saturated heterocycles. The van der Waals surface area contributed by atoms with Gasteiger partial charge >= 0.3 is 0 Å². The second-order valence-electron chi connectivity index (χ2n) is 5.56. The predicted molar refractivity (Wildman–Crippen MR) is 79.2 cm³/mol. The van der Waals surface area contributed by atoms with Gasteiger partial charge in [-0.05, 0) is 32.4 Å². The van der Waals surface area contributed by atoms with Crippen molar-refractivity contribution >= 4 is 21.1 Å². The first-order valence-electron chi connectivity index (χ1n) is 6.79. The molecule has 0 aliphatic heterocycles. The topological polar surface area (TPSA) is 108 Å². The lowest BCUT2D eigenvalue weighted by Crippen LogP contribution is -2.52. The summed E-state index contributed by atoms with van der Waals surface area (Å²) in [6.45, 7) is 5.23. The quantitative estimate of drug-likeness (QED) is 0.742. The van der Waals surface area contributed by atoms with E-state index < -0.39 is 21.7 Å². The fraction of sp³-hybridized carbons (Fsp3) is 0.538. The van der Waals surface area contributed by atoms with Gasteiger partial charge in [-0.2, -0.15) is 5.10 Å². The van der Waals surface area contributed by atoms with Gasteiger partial charge in [-0.3, -0.25) is 5.10 Å². The summed E-state index contributed by atoms with van der Waals surface area (Å²) in [5.74, 6) is 0. The van der Waals surface area contributed by atoms with Crippen LogP contribution < -0.4 is 4.72 Å². The van der Waals surface area contributed by atoms with Gasteiger partial charge in [0.1, 0.15) is 0 Å². The summed E-state index contributed by atoms with van der Waals surface area (Å²) in [6, 6.07) is 3.28. The molecule has 0 aliphatic carbocycles. The van der Waals surface area contributed by atoms with Crippen molar-refractivity contribution in [2.24, 2.45) is 0 Å². The fourth-order valence-corrected chi connectivity index (χ4v) is 3.68. The Bertz CT molecular complexity index is 724. The number of hydrogen-bond acceptors (Lipinski definition) is 5. The molecule has 3 N–H and O–H groups in total. The van der Waals surface area contributed by atoms with Crippen LogP contribution in [0.25, 0.3) is 11.0 Å². The van der Waals surface area contributed by atoms with Crippen LogP contribution in [0.3, 0.4) is 0 Å². The Labute approximate surface area is 123 Å². The number of nitrogens with one attached hydrogen (secondary N) is 2. The number of aliphatic hydroxyl groups is 1. The van der Waals surface area contributed by atoms with E-state index in [9.17, 15) is 13.5 Å². The molecule has 7 nitrogen and oxygen atoms in total. The van der Waals surface area contributed by atoms with Crippen molar-refractivity contribution in [3.8, 4) is 0 Å². The van der Waals surface area contributed by atoms with Gasteiger partial charge in [0.2, 0.25) is 5.03 Å². The minimum absolute atomic E-state index is 0.109. The number of hydrogen-bond donors (Lipinski definition) is 3. The second kappa shape index (κ2) is 5.70. The molecule has 1 atom stereocenters. The summed E-state index contributed by atoms with van der Waals surface area (Å²) in [5.41, 5.74) is -0.577. The third-order valence-electron chi connectivity index (χ3n) is 3.35. The van der Waals surface area contributed by atoms with Gasteiger partial charge in [-0.15, -0.1) is 0 Å². The van der Waals surface area contributed by atoms with Crippen LogP contribution in [-0.4, -0.2) is 40.3 Å². The lowest BCUT2D eigenvalue weighted by molar-refractivity contribution is 0.0853. The van der Waals surface area contributed by atoms with Crippen molar-refractivity contribution in [1.82, 2.24) is 19.9 Å². The summed E-state index contributed by atoms with van der Waals surface area (Å²) in [6.07, 6.45) is 2.06. The molecule has 2 rings (SSSR count). The van der Waals surface area contributed by atoms with Crippen LogP contribution in [0, 0.1) is 0 Å². The van der Waals surface area contributed by atoms with E-state index in [1.54, 1.807) is 32.2 Å². The number of H-pyrrole nitrogens is 1. The van der Waals surface area contributed by atoms with Crippen LogP contribution in [0.15, 0.2) is 23.4 Å². The molecule has 2 aromatic heterocycles. The van der Waals surface area contributed by atoms with Crippen LogP contribution in [0.1, 0.15) is 33.6 Å². The highest BCUT2D eigenvalue weighted by Gasteiger charge is 2.34. The van der Waals surface area contributed by atoms with E-state index in [2.05, 4.69) is 19.9 Å². The Morgan fingerprint density at radius 1 is 1.48 bits per heavy atom. The number of aromatic nitrogens is 3. The van der Waals surface area contributed by atoms with E-state index in [0.717, 1.165) is 6.42 Å². The minimum Gasteiger partial charge on any atom is -0.391 e. The summed E-state index contributed by atoms with van der Waals surface area (Å²) >= 11 is 0. The van der Waals surface area contributed by atoms with E-state index in [1.807, 2.05) is 6.92 Å². The fourth-order valence-electron chi connectivity index (χ4n) is 2.13. The van der Waals surface area contributed by atoms with Gasteiger partial charge in [-0.1, -0.05) is 13.3 Å². The van der Waals surface area contributed by atoms with Crippen molar-refractivity contribution in [3.63, 3.8) is 0 Å². The Balaban J connectivity index is 2.34. The monoisotopic (exact) mass is 312 g/mol. The molecule has 0 spiro atoms. The molecule has 2 heterocycles. The molecule has 0 radical (unpaired) electrons. The maximum atomic E-state index is 12.5. The molecule has 2 aromatic rings. The number of nitrogens with zero attached hydrogens (tertiary/aromatic N) is 2. The number of aliphatic hydroxyl groups excluding tert-OH is 1. The zero-order valence-electron chi connectivity index (χ0n) is 12.3. The van der Waals surface area contributed by atoms with Crippen LogP contribution >= 0.6 is 0 Å². The largest absolute Gasteiger partial charge is 0.391 e. The Kier molecular flexibility index (Phi) is 4.31. The Morgan fingerprint density at radius 3 is 2.86 bits per heavy atom. The molecule has 0 bridgehead atoms. The molecule has 21 heavy (non-hydrogen) atoms. The molecule has 0 saturated carbocycles. The zero-order chi connectivity index (χ0) is 15.7. The Hall–Kier alpha value is -1.51. The minimum atomic E-state index is -3.86. The highest BCUT2D eigenvalue weighted by Crippen LogP contribution is 2.22. The van der Waals surface area contributed by atoms with Crippen molar-refractivity contribution in [2.75, 3.05) is 0 Å². The standard InChI is InChI=1S/C13H20N4O3S/c1-4-6-10(18)13(2,3)17-21(19,20)12-9-7-5-8-14-11(9)15-16-12/h5,7-8,10,17-18H,4,6H2,1-3H3,(H,14,15,16). The van der Waals surface area contributed by atoms with Gasteiger partial charge in [0.15, 0.2) is 5.65 Å². The first-order valence-corrected chi connectivity index (χ1v) is 8.27.